The maximum atomic E-state index is 6.04. The zero-order valence-corrected chi connectivity index (χ0v) is 10.7. The van der Waals surface area contributed by atoms with E-state index in [0.717, 1.165) is 21.9 Å². The van der Waals surface area contributed by atoms with Gasteiger partial charge in [0.05, 0.1) is 12.1 Å². The quantitative estimate of drug-likeness (QED) is 0.677. The smallest absolute Gasteiger partial charge is 0.124 e. The third-order valence-corrected chi connectivity index (χ3v) is 3.40. The number of hydrogen-bond acceptors (Lipinski definition) is 2. The molecule has 0 saturated carbocycles. The molecule has 0 saturated heterocycles. The molecule has 2 nitrogen and oxygen atoms in total. The average molecular weight is 279 g/mol. The van der Waals surface area contributed by atoms with Crippen molar-refractivity contribution in [2.45, 2.75) is 11.9 Å². The van der Waals surface area contributed by atoms with Crippen LogP contribution in [-0.4, -0.2) is 14.2 Å². The summed E-state index contributed by atoms with van der Waals surface area (Å²) < 4.78 is 5.28. The van der Waals surface area contributed by atoms with Crippen LogP contribution in [-0.2, 0) is 0 Å². The van der Waals surface area contributed by atoms with Crippen LogP contribution in [0.2, 0.25) is 5.02 Å². The number of aryl methyl sites for hydroxylation is 1. The molecule has 1 rings (SSSR count). The van der Waals surface area contributed by atoms with E-state index in [9.17, 15) is 0 Å². The first kappa shape index (κ1) is 11.8. The lowest BCUT2D eigenvalue weighted by molar-refractivity contribution is 0.408. The maximum absolute atomic E-state index is 6.04. The summed E-state index contributed by atoms with van der Waals surface area (Å²) >= 11 is 9.53. The molecule has 0 fully saturated rings. The van der Waals surface area contributed by atoms with Crippen LogP contribution in [0.3, 0.4) is 0 Å². The molecule has 78 valence electrons. The largest absolute Gasteiger partial charge is 0.496 e. The minimum Gasteiger partial charge on any atom is -0.496 e. The highest BCUT2D eigenvalue weighted by molar-refractivity contribution is 9.09. The third kappa shape index (κ3) is 2.41. The second kappa shape index (κ2) is 5.01. The van der Waals surface area contributed by atoms with E-state index in [-0.39, 0.29) is 4.95 Å². The van der Waals surface area contributed by atoms with Crippen molar-refractivity contribution in [1.82, 2.24) is 5.32 Å². The fraction of sp³-hybridized carbons (Fsp3) is 0.400. The molecule has 0 aliphatic heterocycles. The molecule has 1 N–H and O–H groups in total. The van der Waals surface area contributed by atoms with Crippen LogP contribution in [0.15, 0.2) is 12.1 Å². The molecular formula is C10H13BrClNO. The molecule has 1 atom stereocenters. The number of halogens is 2. The molecule has 4 heteroatoms. The number of ether oxygens (including phenoxy) is 1. The van der Waals surface area contributed by atoms with Gasteiger partial charge < -0.3 is 10.1 Å². The van der Waals surface area contributed by atoms with Crippen molar-refractivity contribution < 1.29 is 4.74 Å². The van der Waals surface area contributed by atoms with E-state index in [2.05, 4.69) is 21.2 Å². The number of rotatable bonds is 3. The molecule has 1 aromatic carbocycles. The van der Waals surface area contributed by atoms with Crippen LogP contribution < -0.4 is 10.1 Å². The van der Waals surface area contributed by atoms with E-state index in [0.29, 0.717) is 0 Å². The maximum Gasteiger partial charge on any atom is 0.124 e. The molecule has 0 aliphatic carbocycles. The summed E-state index contributed by atoms with van der Waals surface area (Å²) in [5.74, 6) is 0.836. The van der Waals surface area contributed by atoms with Gasteiger partial charge in [-0.25, -0.2) is 0 Å². The van der Waals surface area contributed by atoms with Crippen molar-refractivity contribution >= 4 is 27.5 Å². The van der Waals surface area contributed by atoms with Crippen LogP contribution in [0.4, 0.5) is 0 Å². The number of benzene rings is 1. The van der Waals surface area contributed by atoms with Crippen LogP contribution in [0, 0.1) is 6.92 Å². The third-order valence-electron chi connectivity index (χ3n) is 2.04. The predicted octanol–water partition coefficient (Wildman–Crippen LogP) is 3.27. The predicted molar refractivity (Wildman–Crippen MR) is 63.5 cm³/mol. The Bertz CT molecular complexity index is 330. The van der Waals surface area contributed by atoms with Crippen LogP contribution in [0.25, 0.3) is 0 Å². The molecule has 0 spiro atoms. The second-order valence-corrected chi connectivity index (χ2v) is 4.32. The molecule has 0 aromatic heterocycles. The van der Waals surface area contributed by atoms with Crippen molar-refractivity contribution in [3.8, 4) is 5.75 Å². The Hall–Kier alpha value is -0.250. The zero-order valence-electron chi connectivity index (χ0n) is 8.40. The number of methoxy groups -OCH3 is 1. The van der Waals surface area contributed by atoms with E-state index in [1.165, 1.54) is 0 Å². The van der Waals surface area contributed by atoms with E-state index in [4.69, 9.17) is 16.3 Å². The van der Waals surface area contributed by atoms with Gasteiger partial charge in [0.1, 0.15) is 5.75 Å². The lowest BCUT2D eigenvalue weighted by atomic mass is 10.1. The Morgan fingerprint density at radius 1 is 1.50 bits per heavy atom. The van der Waals surface area contributed by atoms with E-state index in [1.807, 2.05) is 26.1 Å². The summed E-state index contributed by atoms with van der Waals surface area (Å²) in [5, 5.41) is 3.83. The summed E-state index contributed by atoms with van der Waals surface area (Å²) in [6.07, 6.45) is 0. The van der Waals surface area contributed by atoms with Crippen LogP contribution in [0.5, 0.6) is 5.75 Å². The first-order chi connectivity index (χ1) is 6.60. The van der Waals surface area contributed by atoms with E-state index in [1.54, 1.807) is 7.11 Å². The molecule has 0 aliphatic rings. The highest BCUT2D eigenvalue weighted by atomic mass is 79.9. The van der Waals surface area contributed by atoms with Crippen molar-refractivity contribution in [1.29, 1.82) is 0 Å². The zero-order chi connectivity index (χ0) is 10.7. The lowest BCUT2D eigenvalue weighted by Crippen LogP contribution is -2.10. The SMILES string of the molecule is CNC(Br)c1cc(Cl)c(C)cc1OC. The normalized spacial score (nSPS) is 12.6. The first-order valence-electron chi connectivity index (χ1n) is 4.25. The van der Waals surface area contributed by atoms with Crippen LogP contribution in [0.1, 0.15) is 16.1 Å². The van der Waals surface area contributed by atoms with Crippen LogP contribution >= 0.6 is 27.5 Å². The number of nitrogens with one attached hydrogen (secondary N) is 1. The second-order valence-electron chi connectivity index (χ2n) is 2.99. The fourth-order valence-electron chi connectivity index (χ4n) is 1.20. The summed E-state index contributed by atoms with van der Waals surface area (Å²) in [6.45, 7) is 1.96. The summed E-state index contributed by atoms with van der Waals surface area (Å²) in [6, 6.07) is 3.84. The number of hydrogen-bond donors (Lipinski definition) is 1. The topological polar surface area (TPSA) is 21.3 Å². The number of alkyl halides is 1. The molecule has 0 bridgehead atoms. The summed E-state index contributed by atoms with van der Waals surface area (Å²) in [7, 11) is 3.52. The van der Waals surface area contributed by atoms with Crippen molar-refractivity contribution in [3.63, 3.8) is 0 Å². The van der Waals surface area contributed by atoms with Gasteiger partial charge in [-0.15, -0.1) is 0 Å². The highest BCUT2D eigenvalue weighted by Crippen LogP contribution is 2.33. The molecule has 1 unspecified atom stereocenters. The van der Waals surface area contributed by atoms with E-state index < -0.39 is 0 Å². The Labute approximate surface area is 97.7 Å². The van der Waals surface area contributed by atoms with Crippen molar-refractivity contribution in [3.05, 3.63) is 28.3 Å². The van der Waals surface area contributed by atoms with Crippen molar-refractivity contribution in [2.24, 2.45) is 0 Å². The Kier molecular flexibility index (Phi) is 4.23. The van der Waals surface area contributed by atoms with Gasteiger partial charge in [0.2, 0.25) is 0 Å². The molecule has 0 amide bonds. The van der Waals surface area contributed by atoms with Gasteiger partial charge in [-0.05, 0) is 31.7 Å². The van der Waals surface area contributed by atoms with Gasteiger partial charge in [-0.2, -0.15) is 0 Å². The minimum atomic E-state index is 0.0514. The molecule has 0 heterocycles. The molecule has 14 heavy (non-hydrogen) atoms. The van der Waals surface area contributed by atoms with Crippen molar-refractivity contribution in [2.75, 3.05) is 14.2 Å². The molecule has 0 radical (unpaired) electrons. The Morgan fingerprint density at radius 3 is 2.64 bits per heavy atom. The lowest BCUT2D eigenvalue weighted by Gasteiger charge is -2.15. The van der Waals surface area contributed by atoms with Gasteiger partial charge in [0.15, 0.2) is 0 Å². The summed E-state index contributed by atoms with van der Waals surface area (Å²) in [5.41, 5.74) is 2.02. The Morgan fingerprint density at radius 2 is 2.14 bits per heavy atom. The fourth-order valence-corrected chi connectivity index (χ4v) is 1.73. The average Bonchev–Trinajstić information content (AvgIpc) is 2.20. The Balaban J connectivity index is 3.19. The monoisotopic (exact) mass is 277 g/mol. The van der Waals surface area contributed by atoms with Gasteiger partial charge in [-0.3, -0.25) is 0 Å². The van der Waals surface area contributed by atoms with Gasteiger partial charge in [0, 0.05) is 10.6 Å². The van der Waals surface area contributed by atoms with Gasteiger partial charge in [-0.1, -0.05) is 27.5 Å². The summed E-state index contributed by atoms with van der Waals surface area (Å²) in [4.78, 5) is 0.0514. The van der Waals surface area contributed by atoms with E-state index >= 15 is 0 Å². The molecule has 1 aromatic rings. The van der Waals surface area contributed by atoms with Gasteiger partial charge >= 0.3 is 0 Å². The molecular weight excluding hydrogens is 265 g/mol. The van der Waals surface area contributed by atoms with Gasteiger partial charge in [0.25, 0.3) is 0 Å². The first-order valence-corrected chi connectivity index (χ1v) is 5.55. The minimum absolute atomic E-state index is 0.0514. The standard InChI is InChI=1S/C10H13BrClNO/c1-6-4-9(14-3)7(5-8(6)12)10(11)13-2/h4-5,10,13H,1-3H3. The highest BCUT2D eigenvalue weighted by Gasteiger charge is 2.12.